The molecule has 0 heterocycles. The molecular weight excluding hydrogens is 344 g/mol. The van der Waals surface area contributed by atoms with Gasteiger partial charge < -0.3 is 0 Å². The standard InChI is InChI=1S/C19H16BrCl/c1-13-9-10-16(11-18(13)20)19(21)12-15-7-4-6-14-5-2-3-8-17(14)15/h2-11,19H,12H2,1H3. The summed E-state index contributed by atoms with van der Waals surface area (Å²) in [6.45, 7) is 2.09. The lowest BCUT2D eigenvalue weighted by Gasteiger charge is -2.13. The second kappa shape index (κ2) is 6.21. The maximum Gasteiger partial charge on any atom is 0.0626 e. The van der Waals surface area contributed by atoms with Crippen molar-refractivity contribution in [3.63, 3.8) is 0 Å². The van der Waals surface area contributed by atoms with Gasteiger partial charge in [-0.1, -0.05) is 70.5 Å². The third kappa shape index (κ3) is 3.14. The van der Waals surface area contributed by atoms with Crippen molar-refractivity contribution in [2.75, 3.05) is 0 Å². The molecule has 21 heavy (non-hydrogen) atoms. The van der Waals surface area contributed by atoms with E-state index in [1.54, 1.807) is 0 Å². The molecule has 2 heteroatoms. The number of halogens is 2. The van der Waals surface area contributed by atoms with Crippen molar-refractivity contribution in [1.82, 2.24) is 0 Å². The Balaban J connectivity index is 1.92. The van der Waals surface area contributed by atoms with Crippen molar-refractivity contribution < 1.29 is 0 Å². The van der Waals surface area contributed by atoms with Gasteiger partial charge >= 0.3 is 0 Å². The maximum absolute atomic E-state index is 6.64. The van der Waals surface area contributed by atoms with Gasteiger partial charge in [-0.15, -0.1) is 11.6 Å². The Kier molecular flexibility index (Phi) is 4.32. The van der Waals surface area contributed by atoms with Gasteiger partial charge in [0.2, 0.25) is 0 Å². The average Bonchev–Trinajstić information content (AvgIpc) is 2.50. The van der Waals surface area contributed by atoms with Crippen LogP contribution in [0.25, 0.3) is 10.8 Å². The molecule has 0 nitrogen and oxygen atoms in total. The number of rotatable bonds is 3. The minimum atomic E-state index is -0.0206. The SMILES string of the molecule is Cc1ccc(C(Cl)Cc2cccc3ccccc23)cc1Br. The molecule has 0 fully saturated rings. The Bertz CT molecular complexity index is 774. The smallest absolute Gasteiger partial charge is 0.0626 e. The van der Waals surface area contributed by atoms with E-state index in [9.17, 15) is 0 Å². The Morgan fingerprint density at radius 1 is 1.00 bits per heavy atom. The zero-order chi connectivity index (χ0) is 14.8. The number of aryl methyl sites for hydroxylation is 1. The van der Waals surface area contributed by atoms with Crippen LogP contribution >= 0.6 is 27.5 Å². The topological polar surface area (TPSA) is 0 Å². The van der Waals surface area contributed by atoms with Crippen LogP contribution in [-0.2, 0) is 6.42 Å². The van der Waals surface area contributed by atoms with Crippen LogP contribution in [0.4, 0.5) is 0 Å². The van der Waals surface area contributed by atoms with Crippen LogP contribution < -0.4 is 0 Å². The highest BCUT2D eigenvalue weighted by molar-refractivity contribution is 9.10. The molecule has 0 bridgehead atoms. The summed E-state index contributed by atoms with van der Waals surface area (Å²) >= 11 is 10.2. The first-order valence-corrected chi connectivity index (χ1v) is 8.25. The molecule has 0 amide bonds. The zero-order valence-corrected chi connectivity index (χ0v) is 14.2. The molecule has 1 atom stereocenters. The molecule has 0 aliphatic rings. The van der Waals surface area contributed by atoms with Crippen molar-refractivity contribution in [1.29, 1.82) is 0 Å². The molecule has 106 valence electrons. The molecule has 0 aromatic heterocycles. The van der Waals surface area contributed by atoms with Gasteiger partial charge in [0.1, 0.15) is 0 Å². The van der Waals surface area contributed by atoms with Crippen LogP contribution in [0.1, 0.15) is 22.1 Å². The van der Waals surface area contributed by atoms with E-state index in [-0.39, 0.29) is 5.38 Å². The first-order chi connectivity index (χ1) is 10.1. The third-order valence-corrected chi connectivity index (χ3v) is 5.10. The van der Waals surface area contributed by atoms with E-state index in [4.69, 9.17) is 11.6 Å². The van der Waals surface area contributed by atoms with Gasteiger partial charge in [0, 0.05) is 4.47 Å². The van der Waals surface area contributed by atoms with Gasteiger partial charge in [0.15, 0.2) is 0 Å². The van der Waals surface area contributed by atoms with E-state index in [1.807, 2.05) is 0 Å². The van der Waals surface area contributed by atoms with Crippen molar-refractivity contribution in [2.24, 2.45) is 0 Å². The van der Waals surface area contributed by atoms with Crippen LogP contribution in [0.15, 0.2) is 65.1 Å². The van der Waals surface area contributed by atoms with Crippen LogP contribution in [-0.4, -0.2) is 0 Å². The fourth-order valence-electron chi connectivity index (χ4n) is 2.59. The molecule has 0 N–H and O–H groups in total. The lowest BCUT2D eigenvalue weighted by Crippen LogP contribution is -1.97. The first-order valence-electron chi connectivity index (χ1n) is 7.02. The second-order valence-corrected chi connectivity index (χ2v) is 6.70. The van der Waals surface area contributed by atoms with Crippen LogP contribution in [0.5, 0.6) is 0 Å². The van der Waals surface area contributed by atoms with E-state index in [1.165, 1.54) is 21.9 Å². The fraction of sp³-hybridized carbons (Fsp3) is 0.158. The van der Waals surface area contributed by atoms with Gasteiger partial charge in [-0.3, -0.25) is 0 Å². The van der Waals surface area contributed by atoms with Gasteiger partial charge in [0.05, 0.1) is 5.38 Å². The fourth-order valence-corrected chi connectivity index (χ4v) is 3.28. The van der Waals surface area contributed by atoms with E-state index >= 15 is 0 Å². The molecule has 0 radical (unpaired) electrons. The number of fused-ring (bicyclic) bond motifs is 1. The lowest BCUT2D eigenvalue weighted by molar-refractivity contribution is 0.925. The van der Waals surface area contributed by atoms with Crippen molar-refractivity contribution >= 4 is 38.3 Å². The molecule has 3 aromatic rings. The summed E-state index contributed by atoms with van der Waals surface area (Å²) in [5.74, 6) is 0. The van der Waals surface area contributed by atoms with Crippen molar-refractivity contribution in [3.8, 4) is 0 Å². The van der Waals surface area contributed by atoms with E-state index in [0.29, 0.717) is 0 Å². The summed E-state index contributed by atoms with van der Waals surface area (Å²) in [4.78, 5) is 0. The largest absolute Gasteiger partial charge is 0.117 e. The second-order valence-electron chi connectivity index (χ2n) is 5.32. The summed E-state index contributed by atoms with van der Waals surface area (Å²) < 4.78 is 1.11. The first kappa shape index (κ1) is 14.6. The Morgan fingerprint density at radius 2 is 1.76 bits per heavy atom. The molecule has 0 saturated carbocycles. The highest BCUT2D eigenvalue weighted by Crippen LogP contribution is 2.31. The Morgan fingerprint density at radius 3 is 2.57 bits per heavy atom. The number of alkyl halides is 1. The Hall–Kier alpha value is -1.31. The minimum Gasteiger partial charge on any atom is -0.117 e. The highest BCUT2D eigenvalue weighted by Gasteiger charge is 2.12. The summed E-state index contributed by atoms with van der Waals surface area (Å²) in [5, 5.41) is 2.54. The summed E-state index contributed by atoms with van der Waals surface area (Å²) in [5.41, 5.74) is 3.68. The summed E-state index contributed by atoms with van der Waals surface area (Å²) in [6, 6.07) is 21.2. The number of hydrogen-bond donors (Lipinski definition) is 0. The van der Waals surface area contributed by atoms with E-state index in [0.717, 1.165) is 16.5 Å². The van der Waals surface area contributed by atoms with Gasteiger partial charge in [-0.2, -0.15) is 0 Å². The minimum absolute atomic E-state index is 0.0206. The molecule has 1 unspecified atom stereocenters. The average molecular weight is 360 g/mol. The number of hydrogen-bond acceptors (Lipinski definition) is 0. The van der Waals surface area contributed by atoms with Crippen molar-refractivity contribution in [2.45, 2.75) is 18.7 Å². The third-order valence-electron chi connectivity index (χ3n) is 3.84. The molecule has 0 aliphatic carbocycles. The Labute approximate surface area is 138 Å². The van der Waals surface area contributed by atoms with E-state index < -0.39 is 0 Å². The zero-order valence-electron chi connectivity index (χ0n) is 11.8. The molecule has 0 aliphatic heterocycles. The quantitative estimate of drug-likeness (QED) is 0.472. The molecule has 0 saturated heterocycles. The summed E-state index contributed by atoms with van der Waals surface area (Å²) in [6.07, 6.45) is 0.832. The predicted molar refractivity (Wildman–Crippen MR) is 95.1 cm³/mol. The highest BCUT2D eigenvalue weighted by atomic mass is 79.9. The van der Waals surface area contributed by atoms with Crippen LogP contribution in [0.2, 0.25) is 0 Å². The van der Waals surface area contributed by atoms with Crippen LogP contribution in [0, 0.1) is 6.92 Å². The molecule has 3 rings (SSSR count). The normalized spacial score (nSPS) is 12.5. The monoisotopic (exact) mass is 358 g/mol. The van der Waals surface area contributed by atoms with Gasteiger partial charge in [0.25, 0.3) is 0 Å². The molecule has 0 spiro atoms. The van der Waals surface area contributed by atoms with Crippen molar-refractivity contribution in [3.05, 3.63) is 81.8 Å². The lowest BCUT2D eigenvalue weighted by atomic mass is 9.98. The number of benzene rings is 3. The predicted octanol–water partition coefficient (Wildman–Crippen LogP) is 6.43. The van der Waals surface area contributed by atoms with Gasteiger partial charge in [-0.05, 0) is 46.9 Å². The summed E-state index contributed by atoms with van der Waals surface area (Å²) in [7, 11) is 0. The van der Waals surface area contributed by atoms with Crippen LogP contribution in [0.3, 0.4) is 0 Å². The van der Waals surface area contributed by atoms with E-state index in [2.05, 4.69) is 83.5 Å². The molecular formula is C19H16BrCl. The maximum atomic E-state index is 6.64. The van der Waals surface area contributed by atoms with Gasteiger partial charge in [-0.25, -0.2) is 0 Å². The molecule has 3 aromatic carbocycles.